The van der Waals surface area contributed by atoms with E-state index < -0.39 is 0 Å². The third-order valence-electron chi connectivity index (χ3n) is 3.34. The molecule has 0 saturated heterocycles. The van der Waals surface area contributed by atoms with Gasteiger partial charge >= 0.3 is 0 Å². The van der Waals surface area contributed by atoms with E-state index in [1.807, 2.05) is 25.1 Å². The zero-order valence-corrected chi connectivity index (χ0v) is 15.5. The minimum Gasteiger partial charge on any atom is -0.294 e. The summed E-state index contributed by atoms with van der Waals surface area (Å²) >= 11 is 13.5. The van der Waals surface area contributed by atoms with Crippen LogP contribution < -0.4 is 0 Å². The molecule has 1 unspecified atom stereocenters. The number of fused-ring (bicyclic) bond motifs is 1. The predicted molar refractivity (Wildman–Crippen MR) is 95.5 cm³/mol. The number of imidazole rings is 1. The SMILES string of the molecule is Cc1ccc2nc(C(C)Cl)n(-c3ccc(Br)cc3Br)c2c1. The number of hydrogen-bond acceptors (Lipinski definition) is 1. The van der Waals surface area contributed by atoms with Gasteiger partial charge in [-0.2, -0.15) is 0 Å². The van der Waals surface area contributed by atoms with Crippen LogP contribution in [-0.4, -0.2) is 9.55 Å². The van der Waals surface area contributed by atoms with Crippen LogP contribution in [0, 0.1) is 6.92 Å². The molecule has 3 rings (SSSR count). The summed E-state index contributed by atoms with van der Waals surface area (Å²) in [5, 5.41) is -0.173. The van der Waals surface area contributed by atoms with Crippen LogP contribution in [0.4, 0.5) is 0 Å². The summed E-state index contributed by atoms with van der Waals surface area (Å²) in [5.41, 5.74) is 4.26. The summed E-state index contributed by atoms with van der Waals surface area (Å²) in [4.78, 5) is 4.69. The fourth-order valence-corrected chi connectivity index (χ4v) is 3.76. The van der Waals surface area contributed by atoms with Gasteiger partial charge in [0.05, 0.1) is 22.1 Å². The molecule has 108 valence electrons. The largest absolute Gasteiger partial charge is 0.294 e. The summed E-state index contributed by atoms with van der Waals surface area (Å²) in [6, 6.07) is 12.3. The molecule has 0 aliphatic heterocycles. The van der Waals surface area contributed by atoms with Crippen LogP contribution >= 0.6 is 43.5 Å². The quantitative estimate of drug-likeness (QED) is 0.447. The predicted octanol–water partition coefficient (Wildman–Crippen LogP) is 6.16. The van der Waals surface area contributed by atoms with Crippen molar-refractivity contribution in [1.82, 2.24) is 9.55 Å². The van der Waals surface area contributed by atoms with Crippen molar-refractivity contribution >= 4 is 54.5 Å². The zero-order valence-electron chi connectivity index (χ0n) is 11.6. The number of rotatable bonds is 2. The fourth-order valence-electron chi connectivity index (χ4n) is 2.39. The number of aryl methyl sites for hydroxylation is 1. The van der Waals surface area contributed by atoms with Gasteiger partial charge < -0.3 is 0 Å². The highest BCUT2D eigenvalue weighted by molar-refractivity contribution is 9.11. The topological polar surface area (TPSA) is 17.8 Å². The van der Waals surface area contributed by atoms with Crippen LogP contribution in [-0.2, 0) is 0 Å². The van der Waals surface area contributed by atoms with Crippen molar-refractivity contribution in [3.8, 4) is 5.69 Å². The van der Waals surface area contributed by atoms with E-state index in [-0.39, 0.29) is 5.38 Å². The van der Waals surface area contributed by atoms with Crippen LogP contribution in [0.2, 0.25) is 0 Å². The Bertz CT molecular complexity index is 825. The van der Waals surface area contributed by atoms with Gasteiger partial charge in [-0.15, -0.1) is 11.6 Å². The highest BCUT2D eigenvalue weighted by Crippen LogP contribution is 2.33. The van der Waals surface area contributed by atoms with E-state index in [0.717, 1.165) is 31.5 Å². The summed E-state index contributed by atoms with van der Waals surface area (Å²) in [6.07, 6.45) is 0. The number of nitrogens with zero attached hydrogens (tertiary/aromatic N) is 2. The van der Waals surface area contributed by atoms with Crippen molar-refractivity contribution < 1.29 is 0 Å². The molecule has 0 bridgehead atoms. The standard InChI is InChI=1S/C16H13Br2ClN2/c1-9-3-5-13-15(7-9)21(16(20-13)10(2)19)14-6-4-11(17)8-12(14)18/h3-8,10H,1-2H3. The Balaban J connectivity index is 2.38. The Hall–Kier alpha value is -0.840. The summed E-state index contributed by atoms with van der Waals surface area (Å²) in [7, 11) is 0. The Morgan fingerprint density at radius 1 is 1.14 bits per heavy atom. The molecule has 0 fully saturated rings. The molecular formula is C16H13Br2ClN2. The van der Waals surface area contributed by atoms with Crippen molar-refractivity contribution in [2.24, 2.45) is 0 Å². The number of aromatic nitrogens is 2. The monoisotopic (exact) mass is 426 g/mol. The molecular weight excluding hydrogens is 415 g/mol. The van der Waals surface area contributed by atoms with E-state index in [4.69, 9.17) is 16.6 Å². The van der Waals surface area contributed by atoms with E-state index >= 15 is 0 Å². The number of hydrogen-bond donors (Lipinski definition) is 0. The van der Waals surface area contributed by atoms with Gasteiger partial charge in [-0.3, -0.25) is 4.57 Å². The van der Waals surface area contributed by atoms with E-state index in [2.05, 4.69) is 61.5 Å². The Morgan fingerprint density at radius 3 is 2.57 bits per heavy atom. The Labute approximate surface area is 145 Å². The van der Waals surface area contributed by atoms with Gasteiger partial charge in [-0.05, 0) is 65.7 Å². The van der Waals surface area contributed by atoms with E-state index in [1.54, 1.807) is 0 Å². The molecule has 0 saturated carbocycles. The molecule has 0 radical (unpaired) electrons. The van der Waals surface area contributed by atoms with E-state index in [9.17, 15) is 0 Å². The van der Waals surface area contributed by atoms with Crippen molar-refractivity contribution in [3.63, 3.8) is 0 Å². The van der Waals surface area contributed by atoms with Crippen molar-refractivity contribution in [1.29, 1.82) is 0 Å². The molecule has 5 heteroatoms. The van der Waals surface area contributed by atoms with Crippen LogP contribution in [0.3, 0.4) is 0 Å². The second-order valence-electron chi connectivity index (χ2n) is 5.01. The molecule has 3 aromatic rings. The van der Waals surface area contributed by atoms with E-state index in [0.29, 0.717) is 0 Å². The lowest BCUT2D eigenvalue weighted by molar-refractivity contribution is 0.880. The number of halogens is 3. The first kappa shape index (κ1) is 15.1. The van der Waals surface area contributed by atoms with Gasteiger partial charge in [0.15, 0.2) is 0 Å². The normalized spacial score (nSPS) is 12.8. The highest BCUT2D eigenvalue weighted by atomic mass is 79.9. The summed E-state index contributed by atoms with van der Waals surface area (Å²) in [6.45, 7) is 4.02. The maximum atomic E-state index is 6.35. The smallest absolute Gasteiger partial charge is 0.132 e. The molecule has 1 heterocycles. The number of benzene rings is 2. The minimum atomic E-state index is -0.173. The third kappa shape index (κ3) is 2.77. The first-order chi connectivity index (χ1) is 9.97. The van der Waals surface area contributed by atoms with Crippen LogP contribution in [0.15, 0.2) is 45.3 Å². The van der Waals surface area contributed by atoms with Gasteiger partial charge in [0.2, 0.25) is 0 Å². The molecule has 0 N–H and O–H groups in total. The third-order valence-corrected chi connectivity index (χ3v) is 4.67. The van der Waals surface area contributed by atoms with Gasteiger partial charge in [-0.25, -0.2) is 4.98 Å². The molecule has 21 heavy (non-hydrogen) atoms. The molecule has 2 nitrogen and oxygen atoms in total. The molecule has 1 atom stereocenters. The maximum absolute atomic E-state index is 6.35. The number of alkyl halides is 1. The maximum Gasteiger partial charge on any atom is 0.132 e. The van der Waals surface area contributed by atoms with Gasteiger partial charge in [-0.1, -0.05) is 22.0 Å². The van der Waals surface area contributed by atoms with Crippen LogP contribution in [0.5, 0.6) is 0 Å². The second-order valence-corrected chi connectivity index (χ2v) is 7.43. The molecule has 0 aliphatic carbocycles. The molecule has 0 spiro atoms. The first-order valence-corrected chi connectivity index (χ1v) is 8.58. The van der Waals surface area contributed by atoms with Crippen LogP contribution in [0.1, 0.15) is 23.7 Å². The first-order valence-electron chi connectivity index (χ1n) is 6.56. The van der Waals surface area contributed by atoms with Gasteiger partial charge in [0.1, 0.15) is 5.82 Å². The highest BCUT2D eigenvalue weighted by Gasteiger charge is 2.18. The molecule has 2 aromatic carbocycles. The molecule has 0 amide bonds. The lowest BCUT2D eigenvalue weighted by atomic mass is 10.2. The average molecular weight is 429 g/mol. The lowest BCUT2D eigenvalue weighted by Gasteiger charge is -2.13. The van der Waals surface area contributed by atoms with Crippen LogP contribution in [0.25, 0.3) is 16.7 Å². The van der Waals surface area contributed by atoms with Crippen molar-refractivity contribution in [3.05, 3.63) is 56.7 Å². The zero-order chi connectivity index (χ0) is 15.1. The fraction of sp³-hybridized carbons (Fsp3) is 0.188. The summed E-state index contributed by atoms with van der Waals surface area (Å²) < 4.78 is 4.15. The Kier molecular flexibility index (Phi) is 4.12. The van der Waals surface area contributed by atoms with Crippen molar-refractivity contribution in [2.75, 3.05) is 0 Å². The Morgan fingerprint density at radius 2 is 1.90 bits per heavy atom. The summed E-state index contributed by atoms with van der Waals surface area (Å²) in [5.74, 6) is 0.847. The lowest BCUT2D eigenvalue weighted by Crippen LogP contribution is -2.02. The van der Waals surface area contributed by atoms with Gasteiger partial charge in [0.25, 0.3) is 0 Å². The average Bonchev–Trinajstić information content (AvgIpc) is 2.77. The second kappa shape index (κ2) is 5.75. The minimum absolute atomic E-state index is 0.173. The van der Waals surface area contributed by atoms with Gasteiger partial charge in [0, 0.05) is 8.95 Å². The molecule has 0 aliphatic rings. The van der Waals surface area contributed by atoms with E-state index in [1.165, 1.54) is 5.56 Å². The molecule has 1 aromatic heterocycles. The van der Waals surface area contributed by atoms with Crippen molar-refractivity contribution in [2.45, 2.75) is 19.2 Å².